The van der Waals surface area contributed by atoms with Crippen molar-refractivity contribution in [2.75, 3.05) is 26.2 Å². The Morgan fingerprint density at radius 3 is 2.00 bits per heavy atom. The molecule has 2 unspecified atom stereocenters. The summed E-state index contributed by atoms with van der Waals surface area (Å²) in [6.07, 6.45) is -3.23. The van der Waals surface area contributed by atoms with Gasteiger partial charge in [0, 0.05) is 38.6 Å². The molecule has 1 amide bonds. The maximum Gasteiger partial charge on any atom is 0.403 e. The SMILES string of the molecule is CC(N)CCC(=O)N1CCN(C(C)C(F)(F)F)CC1.Cl.Cl. The molecule has 0 aromatic rings. The van der Waals surface area contributed by atoms with Crippen LogP contribution in [0.5, 0.6) is 0 Å². The van der Waals surface area contributed by atoms with Crippen LogP contribution in [0.4, 0.5) is 13.2 Å². The highest BCUT2D eigenvalue weighted by molar-refractivity contribution is 5.85. The molecule has 0 aromatic carbocycles. The molecule has 2 atom stereocenters. The summed E-state index contributed by atoms with van der Waals surface area (Å²) in [5.74, 6) is -0.0170. The summed E-state index contributed by atoms with van der Waals surface area (Å²) in [7, 11) is 0. The van der Waals surface area contributed by atoms with E-state index >= 15 is 0 Å². The summed E-state index contributed by atoms with van der Waals surface area (Å²) in [4.78, 5) is 14.8. The number of hydrogen-bond acceptors (Lipinski definition) is 3. The van der Waals surface area contributed by atoms with Crippen LogP contribution in [0.2, 0.25) is 0 Å². The first-order chi connectivity index (χ1) is 8.71. The average Bonchev–Trinajstić information content (AvgIpc) is 2.34. The van der Waals surface area contributed by atoms with E-state index in [2.05, 4.69) is 0 Å². The Kier molecular flexibility index (Phi) is 10.7. The first-order valence-corrected chi connectivity index (χ1v) is 6.56. The molecule has 1 aliphatic rings. The third-order valence-electron chi connectivity index (χ3n) is 3.50. The van der Waals surface area contributed by atoms with Crippen LogP contribution < -0.4 is 5.73 Å². The van der Waals surface area contributed by atoms with E-state index in [1.807, 2.05) is 6.92 Å². The molecule has 1 fully saturated rings. The van der Waals surface area contributed by atoms with Crippen molar-refractivity contribution in [3.05, 3.63) is 0 Å². The zero-order valence-corrected chi connectivity index (χ0v) is 13.9. The summed E-state index contributed by atoms with van der Waals surface area (Å²) < 4.78 is 37.7. The summed E-state index contributed by atoms with van der Waals surface area (Å²) in [5.41, 5.74) is 5.58. The molecule has 0 saturated carbocycles. The fraction of sp³-hybridized carbons (Fsp3) is 0.917. The smallest absolute Gasteiger partial charge is 0.340 e. The molecule has 0 radical (unpaired) electrons. The minimum atomic E-state index is -4.21. The van der Waals surface area contributed by atoms with Crippen LogP contribution in [0.3, 0.4) is 0 Å². The van der Waals surface area contributed by atoms with Crippen LogP contribution in [0, 0.1) is 0 Å². The number of nitrogens with two attached hydrogens (primary N) is 1. The van der Waals surface area contributed by atoms with Gasteiger partial charge in [-0.25, -0.2) is 0 Å². The normalized spacial score (nSPS) is 19.2. The topological polar surface area (TPSA) is 49.6 Å². The maximum absolute atomic E-state index is 12.6. The van der Waals surface area contributed by atoms with Gasteiger partial charge in [-0.1, -0.05) is 0 Å². The van der Waals surface area contributed by atoms with Crippen LogP contribution in [-0.2, 0) is 4.79 Å². The molecule has 1 rings (SSSR count). The Bertz CT molecular complexity index is 309. The lowest BCUT2D eigenvalue weighted by Gasteiger charge is -2.38. The molecule has 1 aliphatic heterocycles. The molecule has 21 heavy (non-hydrogen) atoms. The van der Waals surface area contributed by atoms with Gasteiger partial charge in [0.15, 0.2) is 0 Å². The molecule has 0 aliphatic carbocycles. The quantitative estimate of drug-likeness (QED) is 0.841. The Labute approximate surface area is 136 Å². The molecule has 1 heterocycles. The van der Waals surface area contributed by atoms with E-state index < -0.39 is 12.2 Å². The van der Waals surface area contributed by atoms with Crippen LogP contribution in [0.15, 0.2) is 0 Å². The van der Waals surface area contributed by atoms with Crippen LogP contribution in [-0.4, -0.2) is 60.1 Å². The van der Waals surface area contributed by atoms with Gasteiger partial charge in [0.25, 0.3) is 0 Å². The van der Waals surface area contributed by atoms with Gasteiger partial charge < -0.3 is 10.6 Å². The van der Waals surface area contributed by atoms with Crippen LogP contribution in [0.1, 0.15) is 26.7 Å². The number of nitrogens with zero attached hydrogens (tertiary/aromatic N) is 2. The third-order valence-corrected chi connectivity index (χ3v) is 3.50. The van der Waals surface area contributed by atoms with Gasteiger partial charge in [-0.15, -0.1) is 24.8 Å². The summed E-state index contributed by atoms with van der Waals surface area (Å²) in [6, 6.07) is -1.48. The standard InChI is InChI=1S/C12H22F3N3O.2ClH/c1-9(16)3-4-11(19)18-7-5-17(6-8-18)10(2)12(13,14)15;;/h9-10H,3-8,16H2,1-2H3;2*1H. The van der Waals surface area contributed by atoms with Gasteiger partial charge in [-0.2, -0.15) is 13.2 Å². The highest BCUT2D eigenvalue weighted by atomic mass is 35.5. The molecule has 1 saturated heterocycles. The van der Waals surface area contributed by atoms with Gasteiger partial charge in [0.2, 0.25) is 5.91 Å². The average molecular weight is 354 g/mol. The zero-order valence-electron chi connectivity index (χ0n) is 12.2. The van der Waals surface area contributed by atoms with Gasteiger partial charge >= 0.3 is 6.18 Å². The summed E-state index contributed by atoms with van der Waals surface area (Å²) in [5, 5.41) is 0. The van der Waals surface area contributed by atoms with Crippen molar-refractivity contribution < 1.29 is 18.0 Å². The third kappa shape index (κ3) is 7.54. The van der Waals surface area contributed by atoms with Crippen molar-refractivity contribution in [2.24, 2.45) is 5.73 Å². The number of carbonyl (C=O) groups excluding carboxylic acids is 1. The Balaban J connectivity index is 0. The predicted octanol–water partition coefficient (Wildman–Crippen LogP) is 2.05. The van der Waals surface area contributed by atoms with Gasteiger partial charge in [0.05, 0.1) is 0 Å². The molecule has 128 valence electrons. The van der Waals surface area contributed by atoms with E-state index in [0.717, 1.165) is 6.92 Å². The monoisotopic (exact) mass is 353 g/mol. The van der Waals surface area contributed by atoms with Crippen LogP contribution in [0.25, 0.3) is 0 Å². The molecule has 2 N–H and O–H groups in total. The molecule has 0 spiro atoms. The first-order valence-electron chi connectivity index (χ1n) is 6.56. The lowest BCUT2D eigenvalue weighted by Crippen LogP contribution is -2.54. The molecule has 4 nitrogen and oxygen atoms in total. The van der Waals surface area contributed by atoms with Gasteiger partial charge in [0.1, 0.15) is 6.04 Å². The van der Waals surface area contributed by atoms with E-state index in [4.69, 9.17) is 5.73 Å². The fourth-order valence-corrected chi connectivity index (χ4v) is 2.07. The number of halogens is 5. The van der Waals surface area contributed by atoms with E-state index in [1.165, 1.54) is 4.90 Å². The maximum atomic E-state index is 12.6. The van der Waals surface area contributed by atoms with E-state index in [1.54, 1.807) is 4.90 Å². The molecular formula is C12H24Cl2F3N3O. The number of piperazine rings is 1. The van der Waals surface area contributed by atoms with E-state index in [-0.39, 0.29) is 49.9 Å². The largest absolute Gasteiger partial charge is 0.403 e. The second-order valence-corrected chi connectivity index (χ2v) is 5.15. The Hall–Kier alpha value is -0.240. The molecular weight excluding hydrogens is 330 g/mol. The fourth-order valence-electron chi connectivity index (χ4n) is 2.07. The number of rotatable bonds is 4. The minimum absolute atomic E-state index is 0. The van der Waals surface area contributed by atoms with Crippen molar-refractivity contribution in [3.63, 3.8) is 0 Å². The molecule has 9 heteroatoms. The lowest BCUT2D eigenvalue weighted by molar-refractivity contribution is -0.183. The van der Waals surface area contributed by atoms with Crippen LogP contribution >= 0.6 is 24.8 Å². The summed E-state index contributed by atoms with van der Waals surface area (Å²) >= 11 is 0. The number of alkyl halides is 3. The van der Waals surface area contributed by atoms with Gasteiger partial charge in [-0.3, -0.25) is 9.69 Å². The summed E-state index contributed by atoms with van der Waals surface area (Å²) in [6.45, 7) is 4.25. The van der Waals surface area contributed by atoms with E-state index in [9.17, 15) is 18.0 Å². The van der Waals surface area contributed by atoms with Crippen molar-refractivity contribution in [3.8, 4) is 0 Å². The number of amides is 1. The number of hydrogen-bond donors (Lipinski definition) is 1. The first kappa shape index (κ1) is 23.0. The zero-order chi connectivity index (χ0) is 14.6. The Morgan fingerprint density at radius 2 is 1.62 bits per heavy atom. The number of carbonyl (C=O) groups is 1. The predicted molar refractivity (Wildman–Crippen MR) is 81.0 cm³/mol. The Morgan fingerprint density at radius 1 is 1.14 bits per heavy atom. The lowest BCUT2D eigenvalue weighted by atomic mass is 10.1. The second-order valence-electron chi connectivity index (χ2n) is 5.15. The molecule has 0 aromatic heterocycles. The highest BCUT2D eigenvalue weighted by Crippen LogP contribution is 2.25. The second kappa shape index (κ2) is 9.71. The molecule has 0 bridgehead atoms. The van der Waals surface area contributed by atoms with Crippen molar-refractivity contribution in [1.82, 2.24) is 9.80 Å². The van der Waals surface area contributed by atoms with Gasteiger partial charge in [-0.05, 0) is 20.3 Å². The van der Waals surface area contributed by atoms with E-state index in [0.29, 0.717) is 25.9 Å². The van der Waals surface area contributed by atoms with Crippen molar-refractivity contribution >= 4 is 30.7 Å². The minimum Gasteiger partial charge on any atom is -0.340 e. The van der Waals surface area contributed by atoms with Crippen molar-refractivity contribution in [2.45, 2.75) is 44.9 Å². The highest BCUT2D eigenvalue weighted by Gasteiger charge is 2.41. The van der Waals surface area contributed by atoms with Crippen molar-refractivity contribution in [1.29, 1.82) is 0 Å².